The molecule has 3 aromatic carbocycles. The smallest absolute Gasteiger partial charge is 0.264 e. The number of ether oxygens (including phenoxy) is 2. The number of nitrogens with one attached hydrogen (secondary N) is 1. The van der Waals surface area contributed by atoms with Gasteiger partial charge in [0.05, 0.1) is 30.8 Å². The number of benzene rings is 3. The van der Waals surface area contributed by atoms with E-state index in [4.69, 9.17) is 9.47 Å². The zero-order chi connectivity index (χ0) is 25.4. The number of hydrogen-bond acceptors (Lipinski definition) is 5. The quantitative estimate of drug-likeness (QED) is 0.412. The van der Waals surface area contributed by atoms with Crippen molar-refractivity contribution >= 4 is 21.6 Å². The van der Waals surface area contributed by atoms with Crippen LogP contribution in [-0.2, 0) is 14.8 Å². The molecule has 0 unspecified atom stereocenters. The Labute approximate surface area is 207 Å². The van der Waals surface area contributed by atoms with Crippen molar-refractivity contribution in [3.63, 3.8) is 0 Å². The van der Waals surface area contributed by atoms with Crippen LogP contribution in [0.4, 0.5) is 5.69 Å². The maximum atomic E-state index is 13.5. The molecular formula is C27H32N2O5S. The van der Waals surface area contributed by atoms with Crippen molar-refractivity contribution in [2.75, 3.05) is 25.1 Å². The lowest BCUT2D eigenvalue weighted by Gasteiger charge is -2.26. The Morgan fingerprint density at radius 1 is 0.857 bits per heavy atom. The summed E-state index contributed by atoms with van der Waals surface area (Å²) >= 11 is 0. The Morgan fingerprint density at radius 3 is 1.91 bits per heavy atom. The molecule has 35 heavy (non-hydrogen) atoms. The average Bonchev–Trinajstić information content (AvgIpc) is 2.87. The standard InChI is InChI=1S/C27H32N2O5S/c1-20(2)18-26(21-10-14-23(33-3)15-11-21)28-27(30)19-29(22-12-16-24(34-4)17-13-22)35(31,32)25-8-6-5-7-9-25/h5-17,20,26H,18-19H2,1-4H3,(H,28,30)/t26-/m1/s1. The van der Waals surface area contributed by atoms with Crippen LogP contribution in [0.3, 0.4) is 0 Å². The first-order valence-corrected chi connectivity index (χ1v) is 12.8. The molecule has 0 fully saturated rings. The number of rotatable bonds is 11. The lowest BCUT2D eigenvalue weighted by molar-refractivity contribution is -0.120. The fraction of sp³-hybridized carbons (Fsp3) is 0.296. The molecule has 0 bridgehead atoms. The molecule has 8 heteroatoms. The van der Waals surface area contributed by atoms with Gasteiger partial charge in [0.15, 0.2) is 0 Å². The second-order valence-electron chi connectivity index (χ2n) is 8.55. The van der Waals surface area contributed by atoms with E-state index in [2.05, 4.69) is 19.2 Å². The zero-order valence-electron chi connectivity index (χ0n) is 20.5. The van der Waals surface area contributed by atoms with E-state index in [9.17, 15) is 13.2 Å². The highest BCUT2D eigenvalue weighted by atomic mass is 32.2. The van der Waals surface area contributed by atoms with E-state index >= 15 is 0 Å². The molecule has 1 amide bonds. The summed E-state index contributed by atoms with van der Waals surface area (Å²) in [6, 6.07) is 21.9. The van der Waals surface area contributed by atoms with E-state index in [0.717, 1.165) is 15.6 Å². The Hall–Kier alpha value is -3.52. The highest BCUT2D eigenvalue weighted by molar-refractivity contribution is 7.92. The van der Waals surface area contributed by atoms with Crippen LogP contribution < -0.4 is 19.1 Å². The SMILES string of the molecule is COc1ccc([C@@H](CC(C)C)NC(=O)CN(c2ccc(OC)cc2)S(=O)(=O)c2ccccc2)cc1. The highest BCUT2D eigenvalue weighted by Crippen LogP contribution is 2.27. The Bertz CT molecular complexity index is 1190. The van der Waals surface area contributed by atoms with Crippen molar-refractivity contribution in [2.24, 2.45) is 5.92 Å². The molecule has 0 aromatic heterocycles. The van der Waals surface area contributed by atoms with E-state index in [1.54, 1.807) is 49.6 Å². The maximum absolute atomic E-state index is 13.5. The number of carbonyl (C=O) groups is 1. The molecule has 1 atom stereocenters. The van der Waals surface area contributed by atoms with Gasteiger partial charge in [-0.3, -0.25) is 9.10 Å². The van der Waals surface area contributed by atoms with Crippen molar-refractivity contribution in [3.05, 3.63) is 84.4 Å². The Morgan fingerprint density at radius 2 is 1.40 bits per heavy atom. The monoisotopic (exact) mass is 496 g/mol. The van der Waals surface area contributed by atoms with Crippen LogP contribution in [0.2, 0.25) is 0 Å². The van der Waals surface area contributed by atoms with Gasteiger partial charge in [-0.2, -0.15) is 0 Å². The fourth-order valence-corrected chi connectivity index (χ4v) is 5.18. The first-order chi connectivity index (χ1) is 16.7. The first-order valence-electron chi connectivity index (χ1n) is 11.4. The van der Waals surface area contributed by atoms with Crippen molar-refractivity contribution in [3.8, 4) is 11.5 Å². The predicted octanol–water partition coefficient (Wildman–Crippen LogP) is 4.80. The van der Waals surface area contributed by atoms with Crippen LogP contribution in [0.25, 0.3) is 0 Å². The first kappa shape index (κ1) is 26.1. The third kappa shape index (κ3) is 6.76. The molecule has 0 aliphatic rings. The van der Waals surface area contributed by atoms with E-state index in [-0.39, 0.29) is 17.5 Å². The van der Waals surface area contributed by atoms with Gasteiger partial charge in [-0.05, 0) is 66.4 Å². The third-order valence-electron chi connectivity index (χ3n) is 5.54. The predicted molar refractivity (Wildman–Crippen MR) is 137 cm³/mol. The lowest BCUT2D eigenvalue weighted by atomic mass is 9.97. The number of hydrogen-bond donors (Lipinski definition) is 1. The molecule has 0 heterocycles. The van der Waals surface area contributed by atoms with Gasteiger partial charge in [-0.25, -0.2) is 8.42 Å². The van der Waals surface area contributed by atoms with Gasteiger partial charge in [0.2, 0.25) is 5.91 Å². The van der Waals surface area contributed by atoms with Crippen molar-refractivity contribution in [1.82, 2.24) is 5.32 Å². The Kier molecular flexibility index (Phi) is 8.76. The molecule has 186 valence electrons. The zero-order valence-corrected chi connectivity index (χ0v) is 21.3. The van der Waals surface area contributed by atoms with Gasteiger partial charge in [-0.15, -0.1) is 0 Å². The fourth-order valence-electron chi connectivity index (χ4n) is 3.74. The van der Waals surface area contributed by atoms with Gasteiger partial charge in [-0.1, -0.05) is 44.2 Å². The van der Waals surface area contributed by atoms with Gasteiger partial charge < -0.3 is 14.8 Å². The van der Waals surface area contributed by atoms with Crippen LogP contribution >= 0.6 is 0 Å². The third-order valence-corrected chi connectivity index (χ3v) is 7.33. The van der Waals surface area contributed by atoms with Crippen LogP contribution in [0.15, 0.2) is 83.8 Å². The molecule has 3 rings (SSSR count). The summed E-state index contributed by atoms with van der Waals surface area (Å²) in [5.41, 5.74) is 1.30. The van der Waals surface area contributed by atoms with E-state index in [1.165, 1.54) is 19.2 Å². The number of nitrogens with zero attached hydrogens (tertiary/aromatic N) is 1. The molecule has 0 radical (unpaired) electrons. The van der Waals surface area contributed by atoms with Crippen LogP contribution in [0.5, 0.6) is 11.5 Å². The van der Waals surface area contributed by atoms with Gasteiger partial charge in [0.25, 0.3) is 10.0 Å². The van der Waals surface area contributed by atoms with E-state index in [1.807, 2.05) is 24.3 Å². The second kappa shape index (κ2) is 11.8. The summed E-state index contributed by atoms with van der Waals surface area (Å²) in [5, 5.41) is 3.04. The highest BCUT2D eigenvalue weighted by Gasteiger charge is 2.28. The van der Waals surface area contributed by atoms with E-state index < -0.39 is 15.9 Å². The molecule has 0 aliphatic carbocycles. The normalized spacial score (nSPS) is 12.1. The molecule has 1 N–H and O–H groups in total. The lowest BCUT2D eigenvalue weighted by Crippen LogP contribution is -2.42. The second-order valence-corrected chi connectivity index (χ2v) is 10.4. The topological polar surface area (TPSA) is 84.9 Å². The van der Waals surface area contributed by atoms with Gasteiger partial charge >= 0.3 is 0 Å². The number of sulfonamides is 1. The summed E-state index contributed by atoms with van der Waals surface area (Å²) in [7, 11) is -0.849. The molecule has 7 nitrogen and oxygen atoms in total. The molecule has 0 aliphatic heterocycles. The van der Waals surface area contributed by atoms with E-state index in [0.29, 0.717) is 23.8 Å². The van der Waals surface area contributed by atoms with Crippen molar-refractivity contribution in [2.45, 2.75) is 31.2 Å². The molecular weight excluding hydrogens is 464 g/mol. The van der Waals surface area contributed by atoms with Gasteiger partial charge in [0, 0.05) is 0 Å². The number of amides is 1. The Balaban J connectivity index is 1.90. The van der Waals surface area contributed by atoms with Gasteiger partial charge in [0.1, 0.15) is 18.0 Å². The molecule has 0 saturated heterocycles. The minimum Gasteiger partial charge on any atom is -0.497 e. The summed E-state index contributed by atoms with van der Waals surface area (Å²) < 4.78 is 38.6. The minimum absolute atomic E-state index is 0.109. The summed E-state index contributed by atoms with van der Waals surface area (Å²) in [4.78, 5) is 13.4. The molecule has 0 saturated carbocycles. The number of carbonyl (C=O) groups excluding carboxylic acids is 1. The number of anilines is 1. The largest absolute Gasteiger partial charge is 0.497 e. The van der Waals surface area contributed by atoms with Crippen LogP contribution in [-0.4, -0.2) is 35.1 Å². The summed E-state index contributed by atoms with van der Waals surface area (Å²) in [6.45, 7) is 3.78. The summed E-state index contributed by atoms with van der Waals surface area (Å²) in [6.07, 6.45) is 0.700. The van der Waals surface area contributed by atoms with Crippen molar-refractivity contribution < 1.29 is 22.7 Å². The summed E-state index contributed by atoms with van der Waals surface area (Å²) in [5.74, 6) is 1.23. The molecule has 3 aromatic rings. The maximum Gasteiger partial charge on any atom is 0.264 e. The minimum atomic E-state index is -3.99. The molecule has 0 spiro atoms. The number of methoxy groups -OCH3 is 2. The van der Waals surface area contributed by atoms with Crippen molar-refractivity contribution in [1.29, 1.82) is 0 Å². The average molecular weight is 497 g/mol. The van der Waals surface area contributed by atoms with Crippen LogP contribution in [0.1, 0.15) is 31.9 Å². The van der Waals surface area contributed by atoms with Crippen LogP contribution in [0, 0.1) is 5.92 Å².